The lowest BCUT2D eigenvalue weighted by Crippen LogP contribution is -2.59. The zero-order valence-electron chi connectivity index (χ0n) is 18.9. The Hall–Kier alpha value is -2.24. The Kier molecular flexibility index (Phi) is 6.17. The molecule has 2 amide bonds. The van der Waals surface area contributed by atoms with E-state index in [0.717, 1.165) is 0 Å². The van der Waals surface area contributed by atoms with Crippen molar-refractivity contribution in [2.24, 2.45) is 0 Å². The van der Waals surface area contributed by atoms with Crippen molar-refractivity contribution >= 4 is 17.5 Å². The molecule has 5 atom stereocenters. The van der Waals surface area contributed by atoms with Crippen molar-refractivity contribution < 1.29 is 38.0 Å². The Bertz CT molecular complexity index is 873. The number of amides is 2. The molecule has 3 saturated heterocycles. The second kappa shape index (κ2) is 8.60. The number of para-hydroxylation sites is 2. The van der Waals surface area contributed by atoms with E-state index in [1.54, 1.807) is 45.9 Å². The van der Waals surface area contributed by atoms with E-state index in [0.29, 0.717) is 11.4 Å². The van der Waals surface area contributed by atoms with Gasteiger partial charge in [0.25, 0.3) is 5.91 Å². The summed E-state index contributed by atoms with van der Waals surface area (Å²) >= 11 is 0. The Balaban J connectivity index is 1.35. The van der Waals surface area contributed by atoms with Crippen LogP contribution >= 0.6 is 0 Å². The number of carbonyl (C=O) groups is 2. The van der Waals surface area contributed by atoms with Crippen LogP contribution in [0.4, 0.5) is 5.69 Å². The second-order valence-electron chi connectivity index (χ2n) is 8.88. The molecule has 1 aromatic carbocycles. The summed E-state index contributed by atoms with van der Waals surface area (Å²) in [6, 6.07) is 7.10. The molecular formula is C22H30N2O8. The number of ether oxygens (including phenoxy) is 6. The highest BCUT2D eigenvalue weighted by Gasteiger charge is 2.62. The summed E-state index contributed by atoms with van der Waals surface area (Å²) in [5.74, 6) is -1.86. The minimum atomic E-state index is -0.960. The Morgan fingerprint density at radius 3 is 2.38 bits per heavy atom. The van der Waals surface area contributed by atoms with E-state index < -0.39 is 48.2 Å². The first kappa shape index (κ1) is 22.9. The van der Waals surface area contributed by atoms with E-state index in [-0.39, 0.29) is 18.9 Å². The van der Waals surface area contributed by atoms with Gasteiger partial charge in [-0.1, -0.05) is 12.1 Å². The molecule has 0 aromatic heterocycles. The molecule has 3 fully saturated rings. The van der Waals surface area contributed by atoms with Crippen LogP contribution in [0.25, 0.3) is 0 Å². The van der Waals surface area contributed by atoms with Crippen LogP contribution in [0, 0.1) is 0 Å². The highest BCUT2D eigenvalue weighted by molar-refractivity contribution is 5.92. The molecule has 0 spiro atoms. The van der Waals surface area contributed by atoms with E-state index in [2.05, 4.69) is 10.6 Å². The molecular weight excluding hydrogens is 420 g/mol. The van der Waals surface area contributed by atoms with Gasteiger partial charge in [-0.3, -0.25) is 9.59 Å². The summed E-state index contributed by atoms with van der Waals surface area (Å²) in [5.41, 5.74) is 0.565. The molecule has 4 rings (SSSR count). The number of nitrogens with one attached hydrogen (secondary N) is 2. The van der Waals surface area contributed by atoms with Crippen molar-refractivity contribution in [1.29, 1.82) is 0 Å². The maximum Gasteiger partial charge on any atom is 0.252 e. The number of hydrogen-bond acceptors (Lipinski definition) is 8. The highest BCUT2D eigenvalue weighted by atomic mass is 16.9. The molecule has 0 bridgehead atoms. The minimum Gasteiger partial charge on any atom is -0.495 e. The number of fused-ring (bicyclic) bond motifs is 3. The average molecular weight is 450 g/mol. The number of rotatable bonds is 6. The monoisotopic (exact) mass is 450 g/mol. The normalized spacial score (nSPS) is 32.0. The van der Waals surface area contributed by atoms with E-state index in [4.69, 9.17) is 28.4 Å². The van der Waals surface area contributed by atoms with Gasteiger partial charge in [0.2, 0.25) is 5.91 Å². The fourth-order valence-electron chi connectivity index (χ4n) is 4.18. The van der Waals surface area contributed by atoms with Crippen LogP contribution < -0.4 is 15.4 Å². The lowest BCUT2D eigenvalue weighted by molar-refractivity contribution is -0.231. The van der Waals surface area contributed by atoms with Gasteiger partial charge in [-0.25, -0.2) is 0 Å². The summed E-state index contributed by atoms with van der Waals surface area (Å²) in [6.07, 6.45) is -3.33. The SMILES string of the molecule is COc1ccccc1NC(=O)CCNC(=O)C1O[C@@H]2OC(C)(C)O[C@@H]2[C@H]2OC(C)(C)O[C@@H]12. The standard InChI is InChI=1S/C22H30N2O8/c1-21(2)29-15-16(30-21)18-20(32-22(3,4)31-18)28-17(15)19(26)23-11-10-14(25)24-12-8-6-7-9-13(12)27-5/h6-9,15-18,20H,10-11H2,1-5H3,(H,23,26)(H,24,25)/t15-,16+,17?,18-,20-/m1/s1. The van der Waals surface area contributed by atoms with E-state index in [9.17, 15) is 9.59 Å². The third-order valence-electron chi connectivity index (χ3n) is 5.45. The van der Waals surface area contributed by atoms with Crippen molar-refractivity contribution in [1.82, 2.24) is 5.32 Å². The lowest BCUT2D eigenvalue weighted by atomic mass is 9.98. The molecule has 3 aliphatic heterocycles. The quantitative estimate of drug-likeness (QED) is 0.671. The first-order valence-electron chi connectivity index (χ1n) is 10.7. The summed E-state index contributed by atoms with van der Waals surface area (Å²) in [5, 5.41) is 5.52. The van der Waals surface area contributed by atoms with E-state index in [1.165, 1.54) is 7.11 Å². The number of benzene rings is 1. The van der Waals surface area contributed by atoms with Gasteiger partial charge in [-0.2, -0.15) is 0 Å². The van der Waals surface area contributed by atoms with Gasteiger partial charge in [0.05, 0.1) is 12.8 Å². The zero-order valence-corrected chi connectivity index (χ0v) is 18.9. The van der Waals surface area contributed by atoms with Crippen LogP contribution in [0.3, 0.4) is 0 Å². The molecule has 10 nitrogen and oxygen atoms in total. The first-order valence-corrected chi connectivity index (χ1v) is 10.7. The minimum absolute atomic E-state index is 0.0755. The molecule has 10 heteroatoms. The Morgan fingerprint density at radius 1 is 0.969 bits per heavy atom. The van der Waals surface area contributed by atoms with Crippen molar-refractivity contribution in [3.05, 3.63) is 24.3 Å². The van der Waals surface area contributed by atoms with E-state index in [1.807, 2.05) is 6.07 Å². The van der Waals surface area contributed by atoms with Gasteiger partial charge in [-0.05, 0) is 39.8 Å². The average Bonchev–Trinajstić information content (AvgIpc) is 3.21. The molecule has 176 valence electrons. The molecule has 0 aliphatic carbocycles. The number of carbonyl (C=O) groups excluding carboxylic acids is 2. The molecule has 1 aromatic rings. The summed E-state index contributed by atoms with van der Waals surface area (Å²) in [4.78, 5) is 25.2. The topological polar surface area (TPSA) is 114 Å². The molecule has 0 radical (unpaired) electrons. The third-order valence-corrected chi connectivity index (χ3v) is 5.45. The smallest absolute Gasteiger partial charge is 0.252 e. The molecule has 32 heavy (non-hydrogen) atoms. The lowest BCUT2D eigenvalue weighted by Gasteiger charge is -2.36. The van der Waals surface area contributed by atoms with Gasteiger partial charge in [0, 0.05) is 13.0 Å². The molecule has 0 saturated carbocycles. The molecule has 2 N–H and O–H groups in total. The summed E-state index contributed by atoms with van der Waals surface area (Å²) < 4.78 is 34.8. The fraction of sp³-hybridized carbons (Fsp3) is 0.636. The van der Waals surface area contributed by atoms with Gasteiger partial charge in [0.1, 0.15) is 24.1 Å². The Morgan fingerprint density at radius 2 is 1.62 bits per heavy atom. The van der Waals surface area contributed by atoms with Crippen LogP contribution in [0.2, 0.25) is 0 Å². The summed E-state index contributed by atoms with van der Waals surface area (Å²) in [6.45, 7) is 7.23. The van der Waals surface area contributed by atoms with Gasteiger partial charge in [0.15, 0.2) is 24.0 Å². The van der Waals surface area contributed by atoms with Crippen molar-refractivity contribution in [2.75, 3.05) is 19.0 Å². The summed E-state index contributed by atoms with van der Waals surface area (Å²) in [7, 11) is 1.53. The van der Waals surface area contributed by atoms with Gasteiger partial charge in [-0.15, -0.1) is 0 Å². The maximum atomic E-state index is 12.9. The van der Waals surface area contributed by atoms with Crippen molar-refractivity contribution in [3.63, 3.8) is 0 Å². The molecule has 3 heterocycles. The van der Waals surface area contributed by atoms with Crippen LogP contribution in [-0.4, -0.2) is 67.7 Å². The van der Waals surface area contributed by atoms with Crippen molar-refractivity contribution in [2.45, 2.75) is 76.4 Å². The van der Waals surface area contributed by atoms with Crippen LogP contribution in [0.15, 0.2) is 24.3 Å². The Labute approximate surface area is 186 Å². The van der Waals surface area contributed by atoms with Crippen LogP contribution in [0.1, 0.15) is 34.1 Å². The zero-order chi connectivity index (χ0) is 23.1. The number of anilines is 1. The molecule has 1 unspecified atom stereocenters. The van der Waals surface area contributed by atoms with E-state index >= 15 is 0 Å². The van der Waals surface area contributed by atoms with Crippen LogP contribution in [-0.2, 0) is 33.3 Å². The highest BCUT2D eigenvalue weighted by Crippen LogP contribution is 2.44. The number of methoxy groups -OCH3 is 1. The predicted molar refractivity (Wildman–Crippen MR) is 112 cm³/mol. The third kappa shape index (κ3) is 4.74. The number of hydrogen-bond donors (Lipinski definition) is 2. The van der Waals surface area contributed by atoms with Gasteiger partial charge < -0.3 is 39.1 Å². The van der Waals surface area contributed by atoms with Gasteiger partial charge >= 0.3 is 0 Å². The van der Waals surface area contributed by atoms with Crippen molar-refractivity contribution in [3.8, 4) is 5.75 Å². The first-order chi connectivity index (χ1) is 15.1. The fourth-order valence-corrected chi connectivity index (χ4v) is 4.18. The second-order valence-corrected chi connectivity index (χ2v) is 8.88. The predicted octanol–water partition coefficient (Wildman–Crippen LogP) is 1.54. The largest absolute Gasteiger partial charge is 0.495 e. The maximum absolute atomic E-state index is 12.9. The molecule has 3 aliphatic rings. The van der Waals surface area contributed by atoms with Crippen LogP contribution in [0.5, 0.6) is 5.75 Å².